The number of carbonyl (C=O) groups excluding carboxylic acids is 1. The van der Waals surface area contributed by atoms with E-state index in [0.717, 1.165) is 19.4 Å². The first kappa shape index (κ1) is 10.0. The summed E-state index contributed by atoms with van der Waals surface area (Å²) in [6, 6.07) is 0. The Bertz CT molecular complexity index is 326. The number of ether oxygens (including phenoxy) is 1. The van der Waals surface area contributed by atoms with Gasteiger partial charge in [0.15, 0.2) is 0 Å². The lowest BCUT2D eigenvalue weighted by Gasteiger charge is -2.30. The largest absolute Gasteiger partial charge is 0.380 e. The molecule has 15 heavy (non-hydrogen) atoms. The number of methoxy groups -OCH3 is 1. The van der Waals surface area contributed by atoms with Gasteiger partial charge in [-0.1, -0.05) is 0 Å². The van der Waals surface area contributed by atoms with Gasteiger partial charge in [0, 0.05) is 20.2 Å². The summed E-state index contributed by atoms with van der Waals surface area (Å²) in [4.78, 5) is 13.5. The molecule has 0 saturated carbocycles. The molecule has 1 aromatic heterocycles. The minimum absolute atomic E-state index is 0.117. The minimum atomic E-state index is -0.189. The third-order valence-corrected chi connectivity index (χ3v) is 2.54. The summed E-state index contributed by atoms with van der Waals surface area (Å²) >= 11 is 0. The van der Waals surface area contributed by atoms with Crippen LogP contribution in [-0.4, -0.2) is 57.7 Å². The Morgan fingerprint density at radius 2 is 2.53 bits per heavy atom. The Morgan fingerprint density at radius 3 is 3.20 bits per heavy atom. The number of amides is 1. The summed E-state index contributed by atoms with van der Waals surface area (Å²) < 4.78 is 5.23. The molecule has 2 heterocycles. The van der Waals surface area contributed by atoms with Gasteiger partial charge in [0.05, 0.1) is 6.10 Å². The van der Waals surface area contributed by atoms with Crippen molar-refractivity contribution in [1.29, 1.82) is 0 Å². The van der Waals surface area contributed by atoms with E-state index in [-0.39, 0.29) is 17.8 Å². The predicted molar refractivity (Wildman–Crippen MR) is 50.1 cm³/mol. The zero-order valence-electron chi connectivity index (χ0n) is 8.51. The van der Waals surface area contributed by atoms with Crippen molar-refractivity contribution in [2.75, 3.05) is 20.2 Å². The average Bonchev–Trinajstić information content (AvgIpc) is 2.81. The molecule has 1 unspecified atom stereocenters. The lowest BCUT2D eigenvalue weighted by Crippen LogP contribution is -2.43. The van der Waals surface area contributed by atoms with Crippen LogP contribution in [0.5, 0.6) is 0 Å². The molecule has 1 N–H and O–H groups in total. The first-order valence-corrected chi connectivity index (χ1v) is 4.87. The summed E-state index contributed by atoms with van der Waals surface area (Å²) in [5.74, 6) is -0.0720. The minimum Gasteiger partial charge on any atom is -0.380 e. The standard InChI is InChI=1S/C8H13N5O2/c1-15-6-3-2-4-13(5-6)8(14)7-9-11-12-10-7/h6H,2-5H2,1H3,(H,9,10,11,12). The highest BCUT2D eigenvalue weighted by Gasteiger charge is 2.26. The van der Waals surface area contributed by atoms with Crippen LogP contribution in [0, 0.1) is 0 Å². The Hall–Kier alpha value is -1.50. The van der Waals surface area contributed by atoms with E-state index in [1.807, 2.05) is 0 Å². The van der Waals surface area contributed by atoms with Gasteiger partial charge in [-0.15, -0.1) is 10.2 Å². The number of tetrazole rings is 1. The van der Waals surface area contributed by atoms with Crippen LogP contribution in [0.25, 0.3) is 0 Å². The van der Waals surface area contributed by atoms with Crippen molar-refractivity contribution in [1.82, 2.24) is 25.5 Å². The molecule has 7 heteroatoms. The summed E-state index contributed by atoms with van der Waals surface area (Å²) in [6.07, 6.45) is 2.06. The maximum Gasteiger partial charge on any atom is 0.295 e. The fourth-order valence-electron chi connectivity index (χ4n) is 1.71. The third kappa shape index (κ3) is 2.12. The zero-order valence-corrected chi connectivity index (χ0v) is 8.51. The lowest BCUT2D eigenvalue weighted by atomic mass is 10.1. The van der Waals surface area contributed by atoms with Crippen molar-refractivity contribution in [2.24, 2.45) is 0 Å². The van der Waals surface area contributed by atoms with Crippen LogP contribution in [0.15, 0.2) is 0 Å². The topological polar surface area (TPSA) is 84.0 Å². The summed E-state index contributed by atoms with van der Waals surface area (Å²) in [5, 5.41) is 13.0. The van der Waals surface area contributed by atoms with Crippen LogP contribution in [0.4, 0.5) is 0 Å². The van der Waals surface area contributed by atoms with Crippen LogP contribution in [0.2, 0.25) is 0 Å². The predicted octanol–water partition coefficient (Wildman–Crippen LogP) is -0.549. The smallest absolute Gasteiger partial charge is 0.295 e. The molecule has 1 aliphatic rings. The van der Waals surface area contributed by atoms with Crippen LogP contribution in [0.1, 0.15) is 23.5 Å². The third-order valence-electron chi connectivity index (χ3n) is 2.54. The number of carbonyl (C=O) groups is 1. The van der Waals surface area contributed by atoms with Crippen molar-refractivity contribution < 1.29 is 9.53 Å². The van der Waals surface area contributed by atoms with Gasteiger partial charge in [0.25, 0.3) is 11.7 Å². The molecule has 1 fully saturated rings. The molecule has 0 radical (unpaired) electrons. The molecule has 1 atom stereocenters. The zero-order chi connectivity index (χ0) is 10.7. The fourth-order valence-corrected chi connectivity index (χ4v) is 1.71. The average molecular weight is 211 g/mol. The molecule has 1 aromatic rings. The number of piperidine rings is 1. The molecule has 1 saturated heterocycles. The molecule has 0 spiro atoms. The van der Waals surface area contributed by atoms with E-state index in [1.54, 1.807) is 12.0 Å². The lowest BCUT2D eigenvalue weighted by molar-refractivity contribution is 0.0262. The SMILES string of the molecule is COC1CCCN(C(=O)c2nn[nH]n2)C1. The number of hydrogen-bond donors (Lipinski definition) is 1. The van der Waals surface area contributed by atoms with Crippen molar-refractivity contribution in [3.63, 3.8) is 0 Å². The summed E-state index contributed by atoms with van der Waals surface area (Å²) in [5.41, 5.74) is 0. The van der Waals surface area contributed by atoms with Gasteiger partial charge in [0.1, 0.15) is 0 Å². The maximum absolute atomic E-state index is 11.8. The van der Waals surface area contributed by atoms with Crippen molar-refractivity contribution in [3.05, 3.63) is 5.82 Å². The van der Waals surface area contributed by atoms with Gasteiger partial charge in [-0.05, 0) is 18.1 Å². The molecule has 0 aliphatic carbocycles. The van der Waals surface area contributed by atoms with Crippen molar-refractivity contribution in [3.8, 4) is 0 Å². The number of nitrogens with one attached hydrogen (secondary N) is 1. The monoisotopic (exact) mass is 211 g/mol. The van der Waals surface area contributed by atoms with E-state index in [1.165, 1.54) is 0 Å². The van der Waals surface area contributed by atoms with Crippen LogP contribution < -0.4 is 0 Å². The number of hydrogen-bond acceptors (Lipinski definition) is 5. The van der Waals surface area contributed by atoms with E-state index in [4.69, 9.17) is 4.74 Å². The Morgan fingerprint density at radius 1 is 1.67 bits per heavy atom. The number of H-pyrrole nitrogens is 1. The van der Waals surface area contributed by atoms with E-state index in [0.29, 0.717) is 6.54 Å². The van der Waals surface area contributed by atoms with Gasteiger partial charge >= 0.3 is 0 Å². The van der Waals surface area contributed by atoms with Crippen molar-refractivity contribution in [2.45, 2.75) is 18.9 Å². The molecule has 1 aliphatic heterocycles. The quantitative estimate of drug-likeness (QED) is 0.709. The number of rotatable bonds is 2. The van der Waals surface area contributed by atoms with E-state index < -0.39 is 0 Å². The number of nitrogens with zero attached hydrogens (tertiary/aromatic N) is 4. The molecular formula is C8H13N5O2. The van der Waals surface area contributed by atoms with Crippen LogP contribution in [-0.2, 0) is 4.74 Å². The number of likely N-dealkylation sites (tertiary alicyclic amines) is 1. The first-order valence-electron chi connectivity index (χ1n) is 4.87. The maximum atomic E-state index is 11.8. The second-order valence-electron chi connectivity index (χ2n) is 3.49. The van der Waals surface area contributed by atoms with E-state index in [9.17, 15) is 4.79 Å². The van der Waals surface area contributed by atoms with Crippen molar-refractivity contribution >= 4 is 5.91 Å². The Kier molecular flexibility index (Phi) is 2.91. The van der Waals surface area contributed by atoms with Gasteiger partial charge in [-0.25, -0.2) is 0 Å². The fraction of sp³-hybridized carbons (Fsp3) is 0.750. The summed E-state index contributed by atoms with van der Waals surface area (Å²) in [6.45, 7) is 1.33. The highest BCUT2D eigenvalue weighted by Crippen LogP contribution is 2.13. The second kappa shape index (κ2) is 4.35. The van der Waals surface area contributed by atoms with Gasteiger partial charge in [-0.2, -0.15) is 5.21 Å². The normalized spacial score (nSPS) is 21.7. The van der Waals surface area contributed by atoms with Gasteiger partial charge in [0.2, 0.25) is 0 Å². The number of aromatic nitrogens is 4. The van der Waals surface area contributed by atoms with Gasteiger partial charge in [-0.3, -0.25) is 4.79 Å². The van der Waals surface area contributed by atoms with E-state index >= 15 is 0 Å². The molecule has 7 nitrogen and oxygen atoms in total. The highest BCUT2D eigenvalue weighted by molar-refractivity contribution is 5.90. The molecular weight excluding hydrogens is 198 g/mol. The van der Waals surface area contributed by atoms with Crippen LogP contribution >= 0.6 is 0 Å². The molecule has 0 aromatic carbocycles. The molecule has 2 rings (SSSR count). The first-order chi connectivity index (χ1) is 7.31. The van der Waals surface area contributed by atoms with E-state index in [2.05, 4.69) is 20.6 Å². The second-order valence-corrected chi connectivity index (χ2v) is 3.49. The highest BCUT2D eigenvalue weighted by atomic mass is 16.5. The molecule has 0 bridgehead atoms. The van der Waals surface area contributed by atoms with Crippen LogP contribution in [0.3, 0.4) is 0 Å². The Balaban J connectivity index is 2.01. The Labute approximate surface area is 86.8 Å². The molecule has 82 valence electrons. The number of aromatic amines is 1. The summed E-state index contributed by atoms with van der Waals surface area (Å²) in [7, 11) is 1.66. The van der Waals surface area contributed by atoms with Gasteiger partial charge < -0.3 is 9.64 Å². The molecule has 1 amide bonds.